The van der Waals surface area contributed by atoms with E-state index in [1.165, 1.54) is 16.7 Å². The zero-order chi connectivity index (χ0) is 15.5. The van der Waals surface area contributed by atoms with Crippen LogP contribution in [-0.2, 0) is 6.42 Å². The van der Waals surface area contributed by atoms with E-state index in [0.717, 1.165) is 24.2 Å². The Balaban J connectivity index is 2.11. The number of aryl methyl sites for hydroxylation is 1. The summed E-state index contributed by atoms with van der Waals surface area (Å²) in [5, 5.41) is 0. The van der Waals surface area contributed by atoms with Crippen molar-refractivity contribution in [3.8, 4) is 17.2 Å². The second-order valence-corrected chi connectivity index (χ2v) is 5.25. The molecular formula is C19H20O3. The van der Waals surface area contributed by atoms with Crippen molar-refractivity contribution in [3.05, 3.63) is 53.1 Å². The lowest BCUT2D eigenvalue weighted by Crippen LogP contribution is -2.02. The molecule has 0 saturated carbocycles. The van der Waals surface area contributed by atoms with E-state index in [9.17, 15) is 0 Å². The highest BCUT2D eigenvalue weighted by molar-refractivity contribution is 5.88. The molecule has 0 aliphatic heterocycles. The molecule has 0 unspecified atom stereocenters. The normalized spacial score (nSPS) is 13.1. The topological polar surface area (TPSA) is 27.7 Å². The van der Waals surface area contributed by atoms with Crippen LogP contribution in [0.1, 0.15) is 23.1 Å². The first-order valence-corrected chi connectivity index (χ1v) is 7.36. The largest absolute Gasteiger partial charge is 0.493 e. The Bertz CT molecular complexity index is 717. The maximum Gasteiger partial charge on any atom is 0.203 e. The lowest BCUT2D eigenvalue weighted by Gasteiger charge is -2.20. The number of methoxy groups -OCH3 is 3. The van der Waals surface area contributed by atoms with Gasteiger partial charge in [0.25, 0.3) is 0 Å². The van der Waals surface area contributed by atoms with E-state index in [-0.39, 0.29) is 0 Å². The molecule has 3 rings (SSSR count). The zero-order valence-electron chi connectivity index (χ0n) is 13.2. The molecule has 0 atom stereocenters. The van der Waals surface area contributed by atoms with Gasteiger partial charge in [-0.15, -0.1) is 0 Å². The van der Waals surface area contributed by atoms with Crippen molar-refractivity contribution in [2.45, 2.75) is 12.8 Å². The Kier molecular flexibility index (Phi) is 4.05. The SMILES string of the molecule is COc1ccc(C2=Cc3ccccc3CC2)c(OC)c1OC. The van der Waals surface area contributed by atoms with Gasteiger partial charge in [-0.05, 0) is 41.7 Å². The van der Waals surface area contributed by atoms with Crippen LogP contribution in [0, 0.1) is 0 Å². The number of rotatable bonds is 4. The summed E-state index contributed by atoms with van der Waals surface area (Å²) < 4.78 is 16.4. The van der Waals surface area contributed by atoms with Gasteiger partial charge in [0, 0.05) is 5.56 Å². The van der Waals surface area contributed by atoms with Crippen molar-refractivity contribution in [2.24, 2.45) is 0 Å². The molecule has 0 heterocycles. The molecule has 3 nitrogen and oxygen atoms in total. The van der Waals surface area contributed by atoms with E-state index < -0.39 is 0 Å². The fraction of sp³-hybridized carbons (Fsp3) is 0.263. The summed E-state index contributed by atoms with van der Waals surface area (Å²) in [6.07, 6.45) is 4.27. The average molecular weight is 296 g/mol. The Morgan fingerprint density at radius 1 is 0.773 bits per heavy atom. The summed E-state index contributed by atoms with van der Waals surface area (Å²) in [6, 6.07) is 12.5. The first kappa shape index (κ1) is 14.5. The van der Waals surface area contributed by atoms with E-state index in [1.54, 1.807) is 21.3 Å². The average Bonchev–Trinajstić information content (AvgIpc) is 2.59. The van der Waals surface area contributed by atoms with Crippen LogP contribution in [0.15, 0.2) is 36.4 Å². The third-order valence-electron chi connectivity index (χ3n) is 4.10. The van der Waals surface area contributed by atoms with Crippen LogP contribution < -0.4 is 14.2 Å². The van der Waals surface area contributed by atoms with Gasteiger partial charge >= 0.3 is 0 Å². The van der Waals surface area contributed by atoms with Gasteiger partial charge in [-0.1, -0.05) is 30.3 Å². The van der Waals surface area contributed by atoms with Gasteiger partial charge in [0.1, 0.15) is 0 Å². The lowest BCUT2D eigenvalue weighted by molar-refractivity contribution is 0.324. The van der Waals surface area contributed by atoms with E-state index in [4.69, 9.17) is 14.2 Å². The predicted octanol–water partition coefficient (Wildman–Crippen LogP) is 4.20. The summed E-state index contributed by atoms with van der Waals surface area (Å²) in [6.45, 7) is 0. The molecule has 22 heavy (non-hydrogen) atoms. The van der Waals surface area contributed by atoms with E-state index in [0.29, 0.717) is 11.5 Å². The number of hydrogen-bond acceptors (Lipinski definition) is 3. The quantitative estimate of drug-likeness (QED) is 0.846. The van der Waals surface area contributed by atoms with Crippen molar-refractivity contribution in [1.29, 1.82) is 0 Å². The lowest BCUT2D eigenvalue weighted by atomic mass is 9.88. The molecule has 0 radical (unpaired) electrons. The third kappa shape index (κ3) is 2.43. The zero-order valence-corrected chi connectivity index (χ0v) is 13.2. The Morgan fingerprint density at radius 3 is 2.27 bits per heavy atom. The summed E-state index contributed by atoms with van der Waals surface area (Å²) in [4.78, 5) is 0. The molecular weight excluding hydrogens is 276 g/mol. The first-order valence-electron chi connectivity index (χ1n) is 7.36. The molecule has 0 aromatic heterocycles. The molecule has 3 heteroatoms. The smallest absolute Gasteiger partial charge is 0.203 e. The fourth-order valence-electron chi connectivity index (χ4n) is 3.00. The van der Waals surface area contributed by atoms with Crippen molar-refractivity contribution in [1.82, 2.24) is 0 Å². The third-order valence-corrected chi connectivity index (χ3v) is 4.10. The van der Waals surface area contributed by atoms with Crippen LogP contribution in [0.5, 0.6) is 17.2 Å². The highest BCUT2D eigenvalue weighted by Crippen LogP contribution is 2.44. The molecule has 0 saturated heterocycles. The van der Waals surface area contributed by atoms with E-state index >= 15 is 0 Å². The molecule has 0 fully saturated rings. The van der Waals surface area contributed by atoms with Crippen molar-refractivity contribution in [2.75, 3.05) is 21.3 Å². The van der Waals surface area contributed by atoms with Gasteiger partial charge in [-0.2, -0.15) is 0 Å². The molecule has 1 aliphatic carbocycles. The van der Waals surface area contributed by atoms with E-state index in [2.05, 4.69) is 30.3 Å². The van der Waals surface area contributed by atoms with Crippen LogP contribution in [0.2, 0.25) is 0 Å². The van der Waals surface area contributed by atoms with Crippen LogP contribution in [0.3, 0.4) is 0 Å². The van der Waals surface area contributed by atoms with Gasteiger partial charge in [0.15, 0.2) is 11.5 Å². The number of fused-ring (bicyclic) bond motifs is 1. The van der Waals surface area contributed by atoms with Crippen LogP contribution in [-0.4, -0.2) is 21.3 Å². The maximum atomic E-state index is 5.61. The monoisotopic (exact) mass is 296 g/mol. The van der Waals surface area contributed by atoms with Gasteiger partial charge < -0.3 is 14.2 Å². The predicted molar refractivity (Wildman–Crippen MR) is 88.7 cm³/mol. The molecule has 0 spiro atoms. The number of benzene rings is 2. The van der Waals surface area contributed by atoms with Crippen molar-refractivity contribution < 1.29 is 14.2 Å². The second kappa shape index (κ2) is 6.14. The molecule has 114 valence electrons. The van der Waals surface area contributed by atoms with Gasteiger partial charge in [0.2, 0.25) is 5.75 Å². The van der Waals surface area contributed by atoms with Crippen LogP contribution >= 0.6 is 0 Å². The highest BCUT2D eigenvalue weighted by Gasteiger charge is 2.20. The number of ether oxygens (including phenoxy) is 3. The van der Waals surface area contributed by atoms with Crippen LogP contribution in [0.4, 0.5) is 0 Å². The van der Waals surface area contributed by atoms with Gasteiger partial charge in [-0.25, -0.2) is 0 Å². The highest BCUT2D eigenvalue weighted by atomic mass is 16.5. The standard InChI is InChI=1S/C19H20O3/c1-20-17-11-10-16(18(21-2)19(17)22-3)15-9-8-13-6-4-5-7-14(13)12-15/h4-7,10-12H,8-9H2,1-3H3. The minimum absolute atomic E-state index is 0.641. The molecule has 2 aromatic carbocycles. The van der Waals surface area contributed by atoms with Crippen molar-refractivity contribution >= 4 is 11.6 Å². The summed E-state index contributed by atoms with van der Waals surface area (Å²) in [5.41, 5.74) is 5.00. The van der Waals surface area contributed by atoms with Crippen LogP contribution in [0.25, 0.3) is 11.6 Å². The minimum Gasteiger partial charge on any atom is -0.493 e. The molecule has 0 amide bonds. The van der Waals surface area contributed by atoms with E-state index in [1.807, 2.05) is 12.1 Å². The molecule has 0 bridgehead atoms. The summed E-state index contributed by atoms with van der Waals surface area (Å²) >= 11 is 0. The number of allylic oxidation sites excluding steroid dienone is 1. The van der Waals surface area contributed by atoms with Crippen molar-refractivity contribution in [3.63, 3.8) is 0 Å². The molecule has 1 aliphatic rings. The fourth-order valence-corrected chi connectivity index (χ4v) is 3.00. The maximum absolute atomic E-state index is 5.61. The summed E-state index contributed by atoms with van der Waals surface area (Å²) in [7, 11) is 4.93. The number of hydrogen-bond donors (Lipinski definition) is 0. The van der Waals surface area contributed by atoms with Gasteiger partial charge in [-0.3, -0.25) is 0 Å². The Morgan fingerprint density at radius 2 is 1.55 bits per heavy atom. The Hall–Kier alpha value is -2.42. The first-order chi connectivity index (χ1) is 10.8. The Labute approximate surface area is 131 Å². The molecule has 2 aromatic rings. The van der Waals surface area contributed by atoms with Gasteiger partial charge in [0.05, 0.1) is 21.3 Å². The molecule has 0 N–H and O–H groups in total. The summed E-state index contributed by atoms with van der Waals surface area (Å²) in [5.74, 6) is 2.05. The second-order valence-electron chi connectivity index (χ2n) is 5.25. The minimum atomic E-state index is 0.641.